The number of hydrogen-bond donors (Lipinski definition) is 2. The van der Waals surface area contributed by atoms with E-state index in [4.69, 9.17) is 23.1 Å². The number of nitrogens with zero attached hydrogens (tertiary/aromatic N) is 2. The van der Waals surface area contributed by atoms with Gasteiger partial charge in [0.2, 0.25) is 0 Å². The largest absolute Gasteiger partial charge is 0.497 e. The molecule has 41 heavy (non-hydrogen) atoms. The van der Waals surface area contributed by atoms with Gasteiger partial charge in [-0.2, -0.15) is 8.42 Å². The van der Waals surface area contributed by atoms with Crippen molar-refractivity contribution in [3.8, 4) is 23.0 Å². The van der Waals surface area contributed by atoms with Crippen LogP contribution in [-0.2, 0) is 13.3 Å². The minimum absolute atomic E-state index is 0.0384. The Morgan fingerprint density at radius 2 is 1.22 bits per heavy atom. The van der Waals surface area contributed by atoms with E-state index in [2.05, 4.69) is 20.6 Å². The Morgan fingerprint density at radius 3 is 1.76 bits per heavy atom. The molecule has 0 unspecified atom stereocenters. The SMILES string of the molecule is COc1ccc2nccc(OCCNCCOS(=O)(=O)SCCNCCOc3ccnc4ccc(OC)cc34)c2c1. The predicted molar refractivity (Wildman–Crippen MR) is 161 cm³/mol. The summed E-state index contributed by atoms with van der Waals surface area (Å²) in [5, 5.41) is 8.03. The molecular weight excluding hydrogens is 568 g/mol. The topological polar surface area (TPSA) is 130 Å². The molecule has 13 heteroatoms. The van der Waals surface area contributed by atoms with Crippen molar-refractivity contribution in [1.82, 2.24) is 20.6 Å². The third-order valence-corrected chi connectivity index (χ3v) is 8.67. The normalized spacial score (nSPS) is 11.6. The van der Waals surface area contributed by atoms with Crippen LogP contribution in [0.4, 0.5) is 0 Å². The molecule has 0 saturated heterocycles. The number of fused-ring (bicyclic) bond motifs is 2. The van der Waals surface area contributed by atoms with Gasteiger partial charge in [0.05, 0.1) is 31.9 Å². The molecule has 0 bridgehead atoms. The van der Waals surface area contributed by atoms with Gasteiger partial charge in [-0.1, -0.05) is 0 Å². The summed E-state index contributed by atoms with van der Waals surface area (Å²) in [5.74, 6) is 3.23. The second-order valence-electron chi connectivity index (χ2n) is 8.63. The third kappa shape index (κ3) is 9.33. The first-order chi connectivity index (χ1) is 20.0. The lowest BCUT2D eigenvalue weighted by molar-refractivity contribution is 0.296. The van der Waals surface area contributed by atoms with Crippen LogP contribution < -0.4 is 29.6 Å². The summed E-state index contributed by atoms with van der Waals surface area (Å²) in [5.41, 5.74) is 1.64. The van der Waals surface area contributed by atoms with E-state index >= 15 is 0 Å². The second kappa shape index (κ2) is 15.6. The minimum atomic E-state index is -3.68. The first-order valence-electron chi connectivity index (χ1n) is 13.1. The van der Waals surface area contributed by atoms with E-state index in [1.165, 1.54) is 0 Å². The summed E-state index contributed by atoms with van der Waals surface area (Å²) in [6, 6.07) is 14.8. The predicted octanol–water partition coefficient (Wildman–Crippen LogP) is 3.43. The van der Waals surface area contributed by atoms with Crippen molar-refractivity contribution in [3.05, 3.63) is 60.9 Å². The molecule has 2 aromatic carbocycles. The Morgan fingerprint density at radius 1 is 0.707 bits per heavy atom. The Bertz CT molecular complexity index is 1420. The van der Waals surface area contributed by atoms with E-state index < -0.39 is 9.15 Å². The van der Waals surface area contributed by atoms with Crippen LogP contribution >= 0.6 is 10.8 Å². The number of aromatic nitrogens is 2. The van der Waals surface area contributed by atoms with Gasteiger partial charge in [0, 0.05) is 55.1 Å². The minimum Gasteiger partial charge on any atom is -0.497 e. The van der Waals surface area contributed by atoms with Crippen LogP contribution in [-0.4, -0.2) is 84.4 Å². The molecule has 2 N–H and O–H groups in total. The molecule has 4 aromatic rings. The highest BCUT2D eigenvalue weighted by molar-refractivity contribution is 8.70. The summed E-state index contributed by atoms with van der Waals surface area (Å²) < 4.78 is 51.6. The lowest BCUT2D eigenvalue weighted by Gasteiger charge is -2.11. The lowest BCUT2D eigenvalue weighted by atomic mass is 10.2. The highest BCUT2D eigenvalue weighted by atomic mass is 33.1. The molecule has 0 spiro atoms. The molecule has 0 atom stereocenters. The molecule has 0 aliphatic heterocycles. The van der Waals surface area contributed by atoms with Crippen LogP contribution in [0.25, 0.3) is 21.8 Å². The number of hydrogen-bond acceptors (Lipinski definition) is 12. The van der Waals surface area contributed by atoms with Gasteiger partial charge in [-0.15, -0.1) is 0 Å². The van der Waals surface area contributed by atoms with Crippen LogP contribution in [0.5, 0.6) is 23.0 Å². The summed E-state index contributed by atoms with van der Waals surface area (Å²) in [7, 11) is 0.313. The standard InChI is InChI=1S/C28H34N4O7S2/c1-35-21-3-5-25-23(19-21)27(7-9-31-25)37-15-11-29-13-17-39-41(33,34)40-18-14-30-12-16-38-28-8-10-32-26-6-4-22(36-2)20-24(26)28/h3-10,19-20,29-30H,11-18H2,1-2H3. The average molecular weight is 603 g/mol. The molecule has 0 aliphatic carbocycles. The van der Waals surface area contributed by atoms with Crippen LogP contribution in [0.1, 0.15) is 0 Å². The van der Waals surface area contributed by atoms with Gasteiger partial charge in [0.25, 0.3) is 0 Å². The quantitative estimate of drug-likeness (QED) is 0.128. The second-order valence-corrected chi connectivity index (χ2v) is 12.3. The Kier molecular flexibility index (Phi) is 11.6. The first kappa shape index (κ1) is 30.6. The van der Waals surface area contributed by atoms with Gasteiger partial charge < -0.3 is 29.6 Å². The van der Waals surface area contributed by atoms with Crippen molar-refractivity contribution in [2.45, 2.75) is 0 Å². The van der Waals surface area contributed by atoms with Crippen molar-refractivity contribution in [3.63, 3.8) is 0 Å². The molecule has 0 fully saturated rings. The fraction of sp³-hybridized carbons (Fsp3) is 0.357. The Balaban J connectivity index is 1.05. The van der Waals surface area contributed by atoms with E-state index in [1.54, 1.807) is 32.7 Å². The highest BCUT2D eigenvalue weighted by Crippen LogP contribution is 2.28. The molecule has 0 radical (unpaired) electrons. The fourth-order valence-corrected chi connectivity index (χ4v) is 5.95. The van der Waals surface area contributed by atoms with Crippen molar-refractivity contribution < 1.29 is 31.5 Å². The van der Waals surface area contributed by atoms with Crippen molar-refractivity contribution in [2.75, 3.05) is 66.0 Å². The molecule has 0 saturated carbocycles. The smallest absolute Gasteiger partial charge is 0.322 e. The summed E-state index contributed by atoms with van der Waals surface area (Å²) in [6.07, 6.45) is 3.39. The first-order valence-corrected chi connectivity index (χ1v) is 16.0. The van der Waals surface area contributed by atoms with E-state index in [-0.39, 0.29) is 6.61 Å². The Labute approximate surface area is 243 Å². The zero-order chi connectivity index (χ0) is 28.9. The molecule has 4 rings (SSSR count). The van der Waals surface area contributed by atoms with Crippen molar-refractivity contribution >= 4 is 41.7 Å². The van der Waals surface area contributed by atoms with Gasteiger partial charge >= 0.3 is 9.15 Å². The van der Waals surface area contributed by atoms with Crippen LogP contribution in [0, 0.1) is 0 Å². The summed E-state index contributed by atoms with van der Waals surface area (Å²) in [6.45, 7) is 2.82. The van der Waals surface area contributed by atoms with E-state index in [9.17, 15) is 8.42 Å². The highest BCUT2D eigenvalue weighted by Gasteiger charge is 2.12. The van der Waals surface area contributed by atoms with Gasteiger partial charge in [-0.3, -0.25) is 14.2 Å². The molecule has 2 heterocycles. The Hall–Kier alpha value is -3.36. The van der Waals surface area contributed by atoms with E-state index in [1.807, 2.05) is 42.5 Å². The summed E-state index contributed by atoms with van der Waals surface area (Å²) >= 11 is 0. The summed E-state index contributed by atoms with van der Waals surface area (Å²) in [4.78, 5) is 8.67. The lowest BCUT2D eigenvalue weighted by Crippen LogP contribution is -2.26. The van der Waals surface area contributed by atoms with Crippen LogP contribution in [0.3, 0.4) is 0 Å². The van der Waals surface area contributed by atoms with E-state index in [0.717, 1.165) is 44.1 Å². The van der Waals surface area contributed by atoms with Gasteiger partial charge in [-0.05, 0) is 59.3 Å². The van der Waals surface area contributed by atoms with Gasteiger partial charge in [-0.25, -0.2) is 0 Å². The number of pyridine rings is 2. The monoisotopic (exact) mass is 602 g/mol. The zero-order valence-corrected chi connectivity index (χ0v) is 24.6. The maximum absolute atomic E-state index is 12.1. The van der Waals surface area contributed by atoms with Crippen molar-refractivity contribution in [2.24, 2.45) is 0 Å². The average Bonchev–Trinajstić information content (AvgIpc) is 2.99. The van der Waals surface area contributed by atoms with Crippen LogP contribution in [0.2, 0.25) is 0 Å². The maximum atomic E-state index is 12.1. The third-order valence-electron chi connectivity index (χ3n) is 5.90. The fourth-order valence-electron chi connectivity index (χ4n) is 3.89. The number of nitrogens with one attached hydrogen (secondary N) is 2. The zero-order valence-electron chi connectivity index (χ0n) is 23.0. The number of rotatable bonds is 18. The van der Waals surface area contributed by atoms with E-state index in [0.29, 0.717) is 56.6 Å². The molecule has 11 nitrogen and oxygen atoms in total. The molecule has 2 aromatic heterocycles. The van der Waals surface area contributed by atoms with Crippen LogP contribution in [0.15, 0.2) is 60.9 Å². The number of ether oxygens (including phenoxy) is 4. The number of methoxy groups -OCH3 is 2. The van der Waals surface area contributed by atoms with Gasteiger partial charge in [0.15, 0.2) is 0 Å². The molecule has 0 amide bonds. The molecule has 0 aliphatic rings. The molecule has 220 valence electrons. The maximum Gasteiger partial charge on any atom is 0.322 e. The number of benzene rings is 2. The van der Waals surface area contributed by atoms with Crippen molar-refractivity contribution in [1.29, 1.82) is 0 Å². The molecular formula is C28H34N4O7S2. The van der Waals surface area contributed by atoms with Gasteiger partial charge in [0.1, 0.15) is 36.2 Å².